The number of carbonyl (C=O) groups is 1. The van der Waals surface area contributed by atoms with E-state index < -0.39 is 0 Å². The molecule has 0 unspecified atom stereocenters. The summed E-state index contributed by atoms with van der Waals surface area (Å²) in [6.45, 7) is 0.453. The van der Waals surface area contributed by atoms with Gasteiger partial charge in [0.25, 0.3) is 0 Å². The Balaban J connectivity index is 1.43. The first-order valence-corrected chi connectivity index (χ1v) is 9.22. The highest BCUT2D eigenvalue weighted by Crippen LogP contribution is 2.22. The van der Waals surface area contributed by atoms with Gasteiger partial charge in [0.2, 0.25) is 5.91 Å². The number of nitrogens with zero attached hydrogens (tertiary/aromatic N) is 5. The van der Waals surface area contributed by atoms with Crippen LogP contribution in [-0.2, 0) is 11.3 Å². The van der Waals surface area contributed by atoms with Crippen molar-refractivity contribution in [1.82, 2.24) is 30.3 Å². The first kappa shape index (κ1) is 17.2. The lowest BCUT2D eigenvalue weighted by Gasteiger charge is -2.07. The largest absolute Gasteiger partial charge is 0.497 e. The molecule has 2 aromatic carbocycles. The van der Waals surface area contributed by atoms with Crippen molar-refractivity contribution in [3.8, 4) is 5.75 Å². The van der Waals surface area contributed by atoms with Gasteiger partial charge in [0.15, 0.2) is 10.8 Å². The van der Waals surface area contributed by atoms with E-state index in [4.69, 9.17) is 4.74 Å². The monoisotopic (exact) mass is 380 g/mol. The van der Waals surface area contributed by atoms with E-state index in [1.165, 1.54) is 11.8 Å². The van der Waals surface area contributed by atoms with E-state index in [0.29, 0.717) is 17.3 Å². The maximum Gasteiger partial charge on any atom is 0.230 e. The summed E-state index contributed by atoms with van der Waals surface area (Å²) in [6.07, 6.45) is 0. The molecular weight excluding hydrogens is 364 g/mol. The maximum atomic E-state index is 12.2. The summed E-state index contributed by atoms with van der Waals surface area (Å²) >= 11 is 1.30. The fraction of sp³-hybridized carbons (Fsp3) is 0.167. The minimum absolute atomic E-state index is 0.0907. The predicted octanol–water partition coefficient (Wildman–Crippen LogP) is 2.09. The Labute approximate surface area is 158 Å². The van der Waals surface area contributed by atoms with Gasteiger partial charge in [-0.2, -0.15) is 4.52 Å². The number of thioether (sulfide) groups is 1. The van der Waals surface area contributed by atoms with Crippen molar-refractivity contribution in [1.29, 1.82) is 0 Å². The average molecular weight is 380 g/mol. The van der Waals surface area contributed by atoms with Gasteiger partial charge >= 0.3 is 0 Å². The molecule has 136 valence electrons. The second-order valence-corrected chi connectivity index (χ2v) is 6.68. The quantitative estimate of drug-likeness (QED) is 0.404. The summed E-state index contributed by atoms with van der Waals surface area (Å²) in [5.41, 5.74) is 2.42. The molecule has 0 saturated heterocycles. The van der Waals surface area contributed by atoms with Crippen LogP contribution in [0.2, 0.25) is 0 Å². The zero-order valence-corrected chi connectivity index (χ0v) is 15.3. The lowest BCUT2D eigenvalue weighted by molar-refractivity contribution is -0.118. The summed E-state index contributed by atoms with van der Waals surface area (Å²) in [4.78, 5) is 16.8. The minimum atomic E-state index is -0.0907. The van der Waals surface area contributed by atoms with Gasteiger partial charge in [-0.3, -0.25) is 4.79 Å². The van der Waals surface area contributed by atoms with Gasteiger partial charge in [-0.15, -0.1) is 5.10 Å². The number of nitrogens with one attached hydrogen (secondary N) is 1. The molecule has 27 heavy (non-hydrogen) atoms. The number of carbonyl (C=O) groups excluding carboxylic acids is 1. The Morgan fingerprint density at radius 2 is 2.00 bits per heavy atom. The molecule has 0 aliphatic heterocycles. The normalized spacial score (nSPS) is 11.0. The number of amides is 1. The molecule has 0 saturated carbocycles. The van der Waals surface area contributed by atoms with Gasteiger partial charge in [-0.25, -0.2) is 4.98 Å². The molecule has 0 spiro atoms. The topological polar surface area (TPSA) is 94.3 Å². The molecule has 9 heteroatoms. The number of para-hydroxylation sites is 1. The number of rotatable bonds is 6. The van der Waals surface area contributed by atoms with E-state index in [0.717, 1.165) is 22.2 Å². The second-order valence-electron chi connectivity index (χ2n) is 5.74. The molecule has 2 aromatic heterocycles. The van der Waals surface area contributed by atoms with Crippen LogP contribution >= 0.6 is 11.8 Å². The van der Waals surface area contributed by atoms with Gasteiger partial charge < -0.3 is 10.1 Å². The molecule has 1 N–H and O–H groups in total. The third kappa shape index (κ3) is 3.68. The molecular formula is C18H16N6O2S. The highest BCUT2D eigenvalue weighted by Gasteiger charge is 2.13. The number of tetrazole rings is 1. The number of hydrogen-bond donors (Lipinski definition) is 1. The second kappa shape index (κ2) is 7.58. The first-order chi connectivity index (χ1) is 13.2. The Hall–Kier alpha value is -3.20. The molecule has 1 amide bonds. The number of hydrogen-bond acceptors (Lipinski definition) is 7. The lowest BCUT2D eigenvalue weighted by atomic mass is 10.2. The highest BCUT2D eigenvalue weighted by atomic mass is 32.2. The molecule has 2 heterocycles. The molecule has 8 nitrogen and oxygen atoms in total. The van der Waals surface area contributed by atoms with Crippen molar-refractivity contribution in [2.45, 2.75) is 11.7 Å². The van der Waals surface area contributed by atoms with E-state index in [-0.39, 0.29) is 11.7 Å². The van der Waals surface area contributed by atoms with Crippen molar-refractivity contribution in [2.24, 2.45) is 0 Å². The molecule has 0 fully saturated rings. The molecule has 0 aliphatic carbocycles. The van der Waals surface area contributed by atoms with E-state index in [2.05, 4.69) is 25.8 Å². The standard InChI is InChI=1S/C18H16N6O2S/c1-26-13-8-6-12(7-9-13)10-19-16(25)11-27-18-20-15-5-3-2-4-14(15)17-21-22-23-24(17)18/h2-9H,10-11H2,1H3,(H,19,25). The third-order valence-corrected chi connectivity index (χ3v) is 4.92. The van der Waals surface area contributed by atoms with Crippen LogP contribution in [0.5, 0.6) is 5.75 Å². The summed E-state index contributed by atoms with van der Waals surface area (Å²) in [5.74, 6) is 0.914. The Kier molecular flexibility index (Phi) is 4.84. The van der Waals surface area contributed by atoms with Crippen molar-refractivity contribution >= 4 is 34.2 Å². The Morgan fingerprint density at radius 3 is 2.81 bits per heavy atom. The van der Waals surface area contributed by atoms with Crippen LogP contribution in [0.3, 0.4) is 0 Å². The van der Waals surface area contributed by atoms with Crippen LogP contribution in [0.25, 0.3) is 16.6 Å². The van der Waals surface area contributed by atoms with Gasteiger partial charge in [-0.05, 0) is 40.3 Å². The van der Waals surface area contributed by atoms with E-state index >= 15 is 0 Å². The predicted molar refractivity (Wildman–Crippen MR) is 102 cm³/mol. The van der Waals surface area contributed by atoms with Gasteiger partial charge in [0.1, 0.15) is 5.75 Å². The lowest BCUT2D eigenvalue weighted by Crippen LogP contribution is -2.24. The fourth-order valence-electron chi connectivity index (χ4n) is 2.61. The summed E-state index contributed by atoms with van der Waals surface area (Å²) in [5, 5.41) is 16.1. The molecule has 0 bridgehead atoms. The van der Waals surface area contributed by atoms with Crippen LogP contribution in [0.15, 0.2) is 53.7 Å². The number of benzene rings is 2. The molecule has 0 aliphatic rings. The zero-order chi connectivity index (χ0) is 18.6. The number of fused-ring (bicyclic) bond motifs is 3. The summed E-state index contributed by atoms with van der Waals surface area (Å²) in [7, 11) is 1.62. The van der Waals surface area contributed by atoms with Crippen LogP contribution < -0.4 is 10.1 Å². The molecule has 0 radical (unpaired) electrons. The Bertz CT molecular complexity index is 1100. The SMILES string of the molecule is COc1ccc(CNC(=O)CSc2nc3ccccc3c3nnnn23)cc1. The smallest absolute Gasteiger partial charge is 0.230 e. The van der Waals surface area contributed by atoms with Crippen molar-refractivity contribution in [3.05, 3.63) is 54.1 Å². The van der Waals surface area contributed by atoms with Crippen LogP contribution in [-0.4, -0.2) is 43.8 Å². The average Bonchev–Trinajstić information content (AvgIpc) is 3.21. The number of ether oxygens (including phenoxy) is 1. The van der Waals surface area contributed by atoms with Crippen LogP contribution in [0, 0.1) is 0 Å². The zero-order valence-electron chi connectivity index (χ0n) is 14.5. The summed E-state index contributed by atoms with van der Waals surface area (Å²) < 4.78 is 6.68. The first-order valence-electron chi connectivity index (χ1n) is 8.24. The maximum absolute atomic E-state index is 12.2. The molecule has 4 aromatic rings. The van der Waals surface area contributed by atoms with Crippen LogP contribution in [0.1, 0.15) is 5.56 Å². The van der Waals surface area contributed by atoms with Crippen molar-refractivity contribution in [3.63, 3.8) is 0 Å². The van der Waals surface area contributed by atoms with Crippen molar-refractivity contribution < 1.29 is 9.53 Å². The van der Waals surface area contributed by atoms with Gasteiger partial charge in [-0.1, -0.05) is 36.0 Å². The minimum Gasteiger partial charge on any atom is -0.497 e. The van der Waals surface area contributed by atoms with Crippen LogP contribution in [0.4, 0.5) is 0 Å². The van der Waals surface area contributed by atoms with E-state index in [1.54, 1.807) is 11.6 Å². The van der Waals surface area contributed by atoms with E-state index in [9.17, 15) is 4.79 Å². The third-order valence-electron chi connectivity index (χ3n) is 3.99. The molecule has 0 atom stereocenters. The molecule has 4 rings (SSSR count). The fourth-order valence-corrected chi connectivity index (χ4v) is 3.38. The summed E-state index contributed by atoms with van der Waals surface area (Å²) in [6, 6.07) is 15.2. The van der Waals surface area contributed by atoms with Crippen molar-refractivity contribution in [2.75, 3.05) is 12.9 Å². The van der Waals surface area contributed by atoms with Gasteiger partial charge in [0.05, 0.1) is 18.4 Å². The number of aromatic nitrogens is 5. The van der Waals surface area contributed by atoms with Gasteiger partial charge in [0, 0.05) is 11.9 Å². The highest BCUT2D eigenvalue weighted by molar-refractivity contribution is 7.99. The van der Waals surface area contributed by atoms with E-state index in [1.807, 2.05) is 48.5 Å². The Morgan fingerprint density at radius 1 is 1.19 bits per heavy atom. The number of methoxy groups -OCH3 is 1.